The van der Waals surface area contributed by atoms with Gasteiger partial charge in [-0.25, -0.2) is 9.59 Å². The van der Waals surface area contributed by atoms with Crippen LogP contribution in [-0.4, -0.2) is 13.1 Å². The summed E-state index contributed by atoms with van der Waals surface area (Å²) in [7, 11) is 1.42. The molecule has 0 atom stereocenters. The van der Waals surface area contributed by atoms with E-state index in [9.17, 15) is 9.59 Å². The van der Waals surface area contributed by atoms with Gasteiger partial charge in [-0.3, -0.25) is 0 Å². The molecule has 2 aromatic carbocycles. The van der Waals surface area contributed by atoms with Crippen LogP contribution in [0.3, 0.4) is 0 Å². The van der Waals surface area contributed by atoms with Gasteiger partial charge in [0.25, 0.3) is 0 Å². The highest BCUT2D eigenvalue weighted by Crippen LogP contribution is 2.30. The van der Waals surface area contributed by atoms with E-state index in [1.165, 1.54) is 25.3 Å². The molecule has 0 amide bonds. The van der Waals surface area contributed by atoms with E-state index < -0.39 is 11.6 Å². The second-order valence-electron chi connectivity index (χ2n) is 6.12. The number of benzene rings is 2. The number of nitrogens with two attached hydrogens (primary N) is 1. The van der Waals surface area contributed by atoms with Crippen LogP contribution in [0.25, 0.3) is 11.0 Å². The van der Waals surface area contributed by atoms with Gasteiger partial charge in [0.2, 0.25) is 0 Å². The summed E-state index contributed by atoms with van der Waals surface area (Å²) < 4.78 is 15.9. The summed E-state index contributed by atoms with van der Waals surface area (Å²) in [4.78, 5) is 24.4. The van der Waals surface area contributed by atoms with Crippen LogP contribution in [-0.2, 0) is 11.3 Å². The molecule has 0 unspecified atom stereocenters. The van der Waals surface area contributed by atoms with Gasteiger partial charge >= 0.3 is 11.6 Å². The number of carbonyl (C=O) groups is 1. The molecule has 3 rings (SSSR count). The molecule has 0 saturated heterocycles. The largest absolute Gasteiger partial charge is 0.496 e. The molecule has 0 fully saturated rings. The van der Waals surface area contributed by atoms with E-state index in [2.05, 4.69) is 0 Å². The molecule has 0 saturated carbocycles. The molecule has 0 radical (unpaired) electrons. The molecule has 0 spiro atoms. The fraction of sp³-hybridized carbons (Fsp3) is 0.200. The van der Waals surface area contributed by atoms with Crippen molar-refractivity contribution in [3.05, 3.63) is 68.0 Å². The Hall–Kier alpha value is -2.99. The zero-order chi connectivity index (χ0) is 19.7. The number of nitrogen functional groups attached to an aromatic ring is 1. The van der Waals surface area contributed by atoms with Gasteiger partial charge in [-0.1, -0.05) is 23.7 Å². The van der Waals surface area contributed by atoms with E-state index in [1.54, 1.807) is 0 Å². The van der Waals surface area contributed by atoms with E-state index in [0.717, 1.165) is 11.1 Å². The first-order valence-corrected chi connectivity index (χ1v) is 8.52. The van der Waals surface area contributed by atoms with Crippen molar-refractivity contribution >= 4 is 34.2 Å². The van der Waals surface area contributed by atoms with Gasteiger partial charge in [-0.05, 0) is 31.0 Å². The molecule has 0 aliphatic heterocycles. The molecule has 0 bridgehead atoms. The molecule has 27 heavy (non-hydrogen) atoms. The summed E-state index contributed by atoms with van der Waals surface area (Å²) >= 11 is 5.99. The molecule has 3 aromatic rings. The molecule has 7 heteroatoms. The number of hydrogen-bond donors (Lipinski definition) is 1. The predicted molar refractivity (Wildman–Crippen MR) is 103 cm³/mol. The molecule has 0 aliphatic rings. The van der Waals surface area contributed by atoms with Crippen molar-refractivity contribution in [2.24, 2.45) is 0 Å². The van der Waals surface area contributed by atoms with E-state index in [0.29, 0.717) is 22.2 Å². The van der Waals surface area contributed by atoms with E-state index >= 15 is 0 Å². The van der Waals surface area contributed by atoms with Crippen LogP contribution in [0.1, 0.15) is 27.0 Å². The minimum atomic E-state index is -0.640. The lowest BCUT2D eigenvalue weighted by Crippen LogP contribution is -2.10. The summed E-state index contributed by atoms with van der Waals surface area (Å²) in [6, 6.07) is 7.93. The van der Waals surface area contributed by atoms with Gasteiger partial charge in [0, 0.05) is 23.1 Å². The summed E-state index contributed by atoms with van der Waals surface area (Å²) in [6.45, 7) is 3.70. The maximum Gasteiger partial charge on any atom is 0.342 e. The molecule has 2 N–H and O–H groups in total. The quantitative estimate of drug-likeness (QED) is 0.413. The maximum atomic E-state index is 12.5. The first kappa shape index (κ1) is 18.8. The first-order chi connectivity index (χ1) is 12.8. The SMILES string of the molecule is COc1cc(N)c(Cl)cc1C(=O)OCc1cc(=O)oc2c(C)c(C)ccc12. The molecule has 6 nitrogen and oxygen atoms in total. The molecule has 1 aromatic heterocycles. The zero-order valence-corrected chi connectivity index (χ0v) is 15.8. The van der Waals surface area contributed by atoms with E-state index in [4.69, 9.17) is 31.2 Å². The summed E-state index contributed by atoms with van der Waals surface area (Å²) in [5.74, 6) is -0.384. The van der Waals surface area contributed by atoms with Crippen molar-refractivity contribution in [3.63, 3.8) is 0 Å². The van der Waals surface area contributed by atoms with Crippen molar-refractivity contribution in [3.8, 4) is 5.75 Å². The Morgan fingerprint density at radius 1 is 1.22 bits per heavy atom. The van der Waals surface area contributed by atoms with Gasteiger partial charge in [-0.2, -0.15) is 0 Å². The van der Waals surface area contributed by atoms with Crippen LogP contribution in [0.2, 0.25) is 5.02 Å². The van der Waals surface area contributed by atoms with Crippen molar-refractivity contribution in [1.82, 2.24) is 0 Å². The Morgan fingerprint density at radius 3 is 2.67 bits per heavy atom. The number of fused-ring (bicyclic) bond motifs is 1. The number of aryl methyl sites for hydroxylation is 2. The highest BCUT2D eigenvalue weighted by molar-refractivity contribution is 6.33. The average Bonchev–Trinajstić information content (AvgIpc) is 2.64. The van der Waals surface area contributed by atoms with E-state index in [1.807, 2.05) is 26.0 Å². The minimum Gasteiger partial charge on any atom is -0.496 e. The number of anilines is 1. The van der Waals surface area contributed by atoms with Gasteiger partial charge in [0.15, 0.2) is 0 Å². The molecule has 140 valence electrons. The zero-order valence-electron chi connectivity index (χ0n) is 15.1. The number of ether oxygens (including phenoxy) is 2. The number of esters is 1. The van der Waals surface area contributed by atoms with Crippen LogP contribution in [0.5, 0.6) is 5.75 Å². The maximum absolute atomic E-state index is 12.5. The Morgan fingerprint density at radius 2 is 1.96 bits per heavy atom. The fourth-order valence-corrected chi connectivity index (χ4v) is 2.93. The number of hydrogen-bond acceptors (Lipinski definition) is 6. The molecule has 1 heterocycles. The molecule has 0 aliphatic carbocycles. The van der Waals surface area contributed by atoms with Crippen LogP contribution in [0.4, 0.5) is 5.69 Å². The Bertz CT molecular complexity index is 1100. The summed E-state index contributed by atoms with van der Waals surface area (Å²) in [6.07, 6.45) is 0. The second-order valence-corrected chi connectivity index (χ2v) is 6.53. The van der Waals surface area contributed by atoms with Gasteiger partial charge in [-0.15, -0.1) is 0 Å². The highest BCUT2D eigenvalue weighted by Gasteiger charge is 2.18. The van der Waals surface area contributed by atoms with Crippen molar-refractivity contribution in [2.75, 3.05) is 12.8 Å². The second kappa shape index (κ2) is 7.32. The highest BCUT2D eigenvalue weighted by atomic mass is 35.5. The normalized spacial score (nSPS) is 10.8. The molecular weight excluding hydrogens is 370 g/mol. The predicted octanol–water partition coefficient (Wildman–Crippen LogP) is 4.01. The number of rotatable bonds is 4. The van der Waals surface area contributed by atoms with Crippen LogP contribution in [0, 0.1) is 13.8 Å². The smallest absolute Gasteiger partial charge is 0.342 e. The third-order valence-corrected chi connectivity index (χ3v) is 4.74. The fourth-order valence-electron chi connectivity index (χ4n) is 2.76. The lowest BCUT2D eigenvalue weighted by Gasteiger charge is -2.12. The summed E-state index contributed by atoms with van der Waals surface area (Å²) in [5.41, 5.74) is 8.57. The Balaban J connectivity index is 1.94. The lowest BCUT2D eigenvalue weighted by molar-refractivity contribution is 0.0470. The monoisotopic (exact) mass is 387 g/mol. The van der Waals surface area contributed by atoms with Crippen molar-refractivity contribution in [2.45, 2.75) is 20.5 Å². The third-order valence-electron chi connectivity index (χ3n) is 4.41. The Kier molecular flexibility index (Phi) is 5.10. The van der Waals surface area contributed by atoms with Crippen molar-refractivity contribution < 1.29 is 18.7 Å². The topological polar surface area (TPSA) is 91.8 Å². The Labute approximate surface area is 160 Å². The van der Waals surface area contributed by atoms with Gasteiger partial charge < -0.3 is 19.6 Å². The van der Waals surface area contributed by atoms with Gasteiger partial charge in [0.05, 0.1) is 17.8 Å². The van der Waals surface area contributed by atoms with Crippen LogP contribution >= 0.6 is 11.6 Å². The van der Waals surface area contributed by atoms with Crippen LogP contribution in [0.15, 0.2) is 39.5 Å². The number of halogens is 1. The minimum absolute atomic E-state index is 0.103. The van der Waals surface area contributed by atoms with Gasteiger partial charge in [0.1, 0.15) is 23.5 Å². The summed E-state index contributed by atoms with van der Waals surface area (Å²) in [5, 5.41) is 0.937. The van der Waals surface area contributed by atoms with E-state index in [-0.39, 0.29) is 22.9 Å². The number of methoxy groups -OCH3 is 1. The van der Waals surface area contributed by atoms with Crippen LogP contribution < -0.4 is 16.1 Å². The number of carbonyl (C=O) groups excluding carboxylic acids is 1. The van der Waals surface area contributed by atoms with Crippen molar-refractivity contribution in [1.29, 1.82) is 0 Å². The average molecular weight is 388 g/mol. The first-order valence-electron chi connectivity index (χ1n) is 8.15. The third kappa shape index (κ3) is 3.61. The lowest BCUT2D eigenvalue weighted by atomic mass is 10.0. The standard InChI is InChI=1S/C20H18ClNO5/c1-10-4-5-13-12(6-18(23)27-19(13)11(10)2)9-26-20(24)14-7-15(21)16(22)8-17(14)25-3/h4-8H,9,22H2,1-3H3. The molecular formula is C20H18ClNO5.